The number of hydrogen-bond donors (Lipinski definition) is 2. The molecule has 1 aromatic carbocycles. The highest BCUT2D eigenvalue weighted by Gasteiger charge is 2.40. The highest BCUT2D eigenvalue weighted by Crippen LogP contribution is 2.29. The highest BCUT2D eigenvalue weighted by atomic mass is 16.5. The number of aliphatic imine (C=N–C) groups is 1. The summed E-state index contributed by atoms with van der Waals surface area (Å²) >= 11 is 0. The maximum atomic E-state index is 12.2. The molecule has 0 aromatic heterocycles. The van der Waals surface area contributed by atoms with E-state index in [1.807, 2.05) is 32.0 Å². The summed E-state index contributed by atoms with van der Waals surface area (Å²) in [6.45, 7) is 4.40. The standard InChI is InChI=1S/C15H21N3O3/c1-5-16-14-17-13(19)15(2,18-14)9-10-6-7-11(20-3)12(8-10)21-4/h6-8H,5,9H2,1-4H3,(H2,16,17,18,19). The lowest BCUT2D eigenvalue weighted by atomic mass is 9.93. The van der Waals surface area contributed by atoms with Crippen molar-refractivity contribution in [3.05, 3.63) is 23.8 Å². The number of rotatable bonds is 5. The van der Waals surface area contributed by atoms with Gasteiger partial charge in [0.2, 0.25) is 0 Å². The number of hydrogen-bond acceptors (Lipinski definition) is 4. The van der Waals surface area contributed by atoms with Crippen LogP contribution in [0.1, 0.15) is 19.4 Å². The molecule has 2 rings (SSSR count). The average molecular weight is 291 g/mol. The molecule has 1 amide bonds. The van der Waals surface area contributed by atoms with Gasteiger partial charge in [-0.25, -0.2) is 0 Å². The van der Waals surface area contributed by atoms with Crippen LogP contribution in [-0.4, -0.2) is 38.2 Å². The third-order valence-corrected chi connectivity index (χ3v) is 3.45. The van der Waals surface area contributed by atoms with Crippen LogP contribution in [0.15, 0.2) is 23.2 Å². The number of guanidine groups is 1. The summed E-state index contributed by atoms with van der Waals surface area (Å²) in [7, 11) is 3.19. The van der Waals surface area contributed by atoms with Crippen LogP contribution < -0.4 is 20.1 Å². The van der Waals surface area contributed by atoms with Gasteiger partial charge in [-0.05, 0) is 31.5 Å². The first-order valence-electron chi connectivity index (χ1n) is 6.87. The average Bonchev–Trinajstić information content (AvgIpc) is 2.73. The Hall–Kier alpha value is -2.24. The van der Waals surface area contributed by atoms with E-state index in [1.165, 1.54) is 0 Å². The summed E-state index contributed by atoms with van der Waals surface area (Å²) in [5.41, 5.74) is 0.267. The van der Waals surface area contributed by atoms with Gasteiger partial charge in [-0.1, -0.05) is 6.07 Å². The first-order chi connectivity index (χ1) is 10.0. The van der Waals surface area contributed by atoms with Gasteiger partial charge in [-0.2, -0.15) is 0 Å². The lowest BCUT2D eigenvalue weighted by molar-refractivity contribution is -0.123. The molecule has 1 saturated heterocycles. The molecule has 0 bridgehead atoms. The SMILES string of the molecule is CCN=C1NC(=O)C(C)(Cc2ccc(OC)c(OC)c2)N1. The van der Waals surface area contributed by atoms with Crippen molar-refractivity contribution in [2.45, 2.75) is 25.8 Å². The number of nitrogens with one attached hydrogen (secondary N) is 2. The van der Waals surface area contributed by atoms with E-state index < -0.39 is 5.54 Å². The Morgan fingerprint density at radius 3 is 2.57 bits per heavy atom. The van der Waals surface area contributed by atoms with Gasteiger partial charge in [0.25, 0.3) is 5.91 Å². The Kier molecular flexibility index (Phi) is 4.35. The number of amides is 1. The largest absolute Gasteiger partial charge is 0.493 e. The molecular weight excluding hydrogens is 270 g/mol. The van der Waals surface area contributed by atoms with Gasteiger partial charge in [0.05, 0.1) is 14.2 Å². The van der Waals surface area contributed by atoms with E-state index in [1.54, 1.807) is 14.2 Å². The smallest absolute Gasteiger partial charge is 0.252 e. The quantitative estimate of drug-likeness (QED) is 0.852. The second kappa shape index (κ2) is 6.03. The first-order valence-corrected chi connectivity index (χ1v) is 6.87. The van der Waals surface area contributed by atoms with Crippen molar-refractivity contribution in [3.8, 4) is 11.5 Å². The molecule has 1 aliphatic heterocycles. The van der Waals surface area contributed by atoms with Crippen molar-refractivity contribution < 1.29 is 14.3 Å². The molecular formula is C15H21N3O3. The third-order valence-electron chi connectivity index (χ3n) is 3.45. The van der Waals surface area contributed by atoms with Gasteiger partial charge in [0.1, 0.15) is 5.54 Å². The molecule has 21 heavy (non-hydrogen) atoms. The van der Waals surface area contributed by atoms with E-state index in [-0.39, 0.29) is 5.91 Å². The zero-order valence-corrected chi connectivity index (χ0v) is 12.8. The molecule has 1 atom stereocenters. The number of ether oxygens (including phenoxy) is 2. The zero-order valence-electron chi connectivity index (χ0n) is 12.8. The maximum absolute atomic E-state index is 12.2. The first kappa shape index (κ1) is 15.2. The maximum Gasteiger partial charge on any atom is 0.252 e. The molecule has 0 aliphatic carbocycles. The van der Waals surface area contributed by atoms with Gasteiger partial charge in [0.15, 0.2) is 17.5 Å². The molecule has 0 spiro atoms. The molecule has 114 valence electrons. The second-order valence-electron chi connectivity index (χ2n) is 5.10. The second-order valence-corrected chi connectivity index (χ2v) is 5.10. The molecule has 1 aliphatic rings. The summed E-state index contributed by atoms with van der Waals surface area (Å²) in [4.78, 5) is 16.4. The highest BCUT2D eigenvalue weighted by molar-refractivity contribution is 6.08. The summed E-state index contributed by atoms with van der Waals surface area (Å²) in [6.07, 6.45) is 0.530. The van der Waals surface area contributed by atoms with E-state index in [0.29, 0.717) is 30.4 Å². The fourth-order valence-electron chi connectivity index (χ4n) is 2.36. The third kappa shape index (κ3) is 3.09. The Bertz CT molecular complexity index is 571. The van der Waals surface area contributed by atoms with Gasteiger partial charge in [-0.3, -0.25) is 15.1 Å². The summed E-state index contributed by atoms with van der Waals surface area (Å²) < 4.78 is 10.5. The Morgan fingerprint density at radius 2 is 1.95 bits per heavy atom. The van der Waals surface area contributed by atoms with Crippen LogP contribution in [0.5, 0.6) is 11.5 Å². The van der Waals surface area contributed by atoms with Crippen molar-refractivity contribution in [2.24, 2.45) is 4.99 Å². The minimum atomic E-state index is -0.715. The van der Waals surface area contributed by atoms with Crippen molar-refractivity contribution in [1.29, 1.82) is 0 Å². The summed E-state index contributed by atoms with van der Waals surface area (Å²) in [5.74, 6) is 1.78. The number of carbonyl (C=O) groups is 1. The normalized spacial score (nSPS) is 22.9. The Morgan fingerprint density at radius 1 is 1.24 bits per heavy atom. The molecule has 1 fully saturated rings. The molecule has 0 radical (unpaired) electrons. The molecule has 1 aromatic rings. The van der Waals surface area contributed by atoms with Crippen LogP contribution in [-0.2, 0) is 11.2 Å². The van der Waals surface area contributed by atoms with Crippen LogP contribution in [0.3, 0.4) is 0 Å². The molecule has 1 heterocycles. The van der Waals surface area contributed by atoms with E-state index in [2.05, 4.69) is 15.6 Å². The van der Waals surface area contributed by atoms with Gasteiger partial charge in [0, 0.05) is 13.0 Å². The van der Waals surface area contributed by atoms with Crippen LogP contribution >= 0.6 is 0 Å². The fraction of sp³-hybridized carbons (Fsp3) is 0.467. The van der Waals surface area contributed by atoms with Crippen molar-refractivity contribution in [1.82, 2.24) is 10.6 Å². The van der Waals surface area contributed by atoms with Crippen LogP contribution in [0.25, 0.3) is 0 Å². The van der Waals surface area contributed by atoms with Crippen molar-refractivity contribution >= 4 is 11.9 Å². The molecule has 6 heteroatoms. The van der Waals surface area contributed by atoms with Crippen molar-refractivity contribution in [3.63, 3.8) is 0 Å². The minimum absolute atomic E-state index is 0.0792. The number of benzene rings is 1. The van der Waals surface area contributed by atoms with Crippen molar-refractivity contribution in [2.75, 3.05) is 20.8 Å². The summed E-state index contributed by atoms with van der Waals surface area (Å²) in [6, 6.07) is 5.65. The Labute approximate surface area is 124 Å². The molecule has 2 N–H and O–H groups in total. The predicted octanol–water partition coefficient (Wildman–Crippen LogP) is 1.10. The van der Waals surface area contributed by atoms with Crippen LogP contribution in [0, 0.1) is 0 Å². The Balaban J connectivity index is 2.21. The van der Waals surface area contributed by atoms with Gasteiger partial charge in [-0.15, -0.1) is 0 Å². The number of carbonyl (C=O) groups excluding carboxylic acids is 1. The molecule has 6 nitrogen and oxygen atoms in total. The van der Waals surface area contributed by atoms with Gasteiger partial charge >= 0.3 is 0 Å². The van der Waals surface area contributed by atoms with E-state index in [9.17, 15) is 4.79 Å². The monoisotopic (exact) mass is 291 g/mol. The zero-order chi connectivity index (χ0) is 15.5. The number of nitrogens with zero attached hydrogens (tertiary/aromatic N) is 1. The van der Waals surface area contributed by atoms with Crippen LogP contribution in [0.2, 0.25) is 0 Å². The summed E-state index contributed by atoms with van der Waals surface area (Å²) in [5, 5.41) is 5.91. The van der Waals surface area contributed by atoms with E-state index in [4.69, 9.17) is 9.47 Å². The van der Waals surface area contributed by atoms with E-state index in [0.717, 1.165) is 5.56 Å². The fourth-order valence-corrected chi connectivity index (χ4v) is 2.36. The minimum Gasteiger partial charge on any atom is -0.493 e. The van der Waals surface area contributed by atoms with Gasteiger partial charge < -0.3 is 14.8 Å². The lowest BCUT2D eigenvalue weighted by Crippen LogP contribution is -2.45. The lowest BCUT2D eigenvalue weighted by Gasteiger charge is -2.21. The molecule has 1 unspecified atom stereocenters. The number of methoxy groups -OCH3 is 2. The predicted molar refractivity (Wildman–Crippen MR) is 80.9 cm³/mol. The van der Waals surface area contributed by atoms with Crippen LogP contribution in [0.4, 0.5) is 0 Å². The molecule has 0 saturated carbocycles. The topological polar surface area (TPSA) is 72.0 Å². The van der Waals surface area contributed by atoms with E-state index >= 15 is 0 Å².